The smallest absolute Gasteiger partial charge is 0.316 e. The molecule has 206 valence electrons. The summed E-state index contributed by atoms with van der Waals surface area (Å²) in [5, 5.41) is 9.58. The van der Waals surface area contributed by atoms with Crippen molar-refractivity contribution in [2.45, 2.75) is 149 Å². The number of esters is 2. The molecule has 0 aromatic rings. The van der Waals surface area contributed by atoms with Gasteiger partial charge in [-0.2, -0.15) is 0 Å². The highest BCUT2D eigenvalue weighted by Crippen LogP contribution is 2.20. The number of ether oxygens (including phenoxy) is 2. The van der Waals surface area contributed by atoms with Crippen LogP contribution in [0, 0.1) is 5.41 Å². The van der Waals surface area contributed by atoms with E-state index in [1.165, 1.54) is 84.0 Å². The number of carbonyl (C=O) groups excluding carboxylic acids is 2. The number of carbonyl (C=O) groups is 3. The third-order valence-corrected chi connectivity index (χ3v) is 6.59. The normalized spacial score (nSPS) is 11.4. The minimum atomic E-state index is -1.43. The van der Waals surface area contributed by atoms with Gasteiger partial charge in [0, 0.05) is 12.8 Å². The molecule has 0 radical (unpaired) electrons. The maximum absolute atomic E-state index is 12.0. The van der Waals surface area contributed by atoms with Gasteiger partial charge in [0.2, 0.25) is 0 Å². The molecule has 0 bridgehead atoms. The second-order valence-corrected chi connectivity index (χ2v) is 10.3. The molecule has 0 aliphatic carbocycles. The summed E-state index contributed by atoms with van der Waals surface area (Å²) in [6.07, 6.45) is 21.5. The Balaban J connectivity index is 3.93. The van der Waals surface area contributed by atoms with Crippen LogP contribution in [0.3, 0.4) is 0 Å². The second-order valence-electron chi connectivity index (χ2n) is 10.3. The molecule has 0 atom stereocenters. The molecule has 1 N–H and O–H groups in total. The maximum Gasteiger partial charge on any atom is 0.316 e. The highest BCUT2D eigenvalue weighted by molar-refractivity contribution is 5.76. The molecule has 6 heteroatoms. The van der Waals surface area contributed by atoms with Crippen molar-refractivity contribution in [3.05, 3.63) is 0 Å². The molecule has 6 nitrogen and oxygen atoms in total. The number of hydrogen-bond acceptors (Lipinski definition) is 5. The molecule has 0 aromatic heterocycles. The van der Waals surface area contributed by atoms with Crippen LogP contribution in [0.4, 0.5) is 0 Å². The zero-order chi connectivity index (χ0) is 26.2. The fourth-order valence-electron chi connectivity index (χ4n) is 3.95. The van der Waals surface area contributed by atoms with Crippen molar-refractivity contribution in [1.82, 2.24) is 0 Å². The van der Waals surface area contributed by atoms with E-state index in [-0.39, 0.29) is 25.2 Å². The molecule has 0 heterocycles. The van der Waals surface area contributed by atoms with Crippen LogP contribution in [0.2, 0.25) is 0 Å². The molecule has 0 aliphatic heterocycles. The van der Waals surface area contributed by atoms with E-state index in [1.807, 2.05) is 0 Å². The summed E-state index contributed by atoms with van der Waals surface area (Å²) in [4.78, 5) is 35.8. The fourth-order valence-corrected chi connectivity index (χ4v) is 3.95. The highest BCUT2D eigenvalue weighted by Gasteiger charge is 2.36. The Hall–Kier alpha value is -1.59. The van der Waals surface area contributed by atoms with Gasteiger partial charge in [0.1, 0.15) is 18.6 Å². The predicted octanol–water partition coefficient (Wildman–Crippen LogP) is 8.01. The van der Waals surface area contributed by atoms with Crippen molar-refractivity contribution in [2.24, 2.45) is 5.41 Å². The number of carboxylic acid groups (broad SMARTS) is 1. The summed E-state index contributed by atoms with van der Waals surface area (Å²) in [7, 11) is 0. The zero-order valence-corrected chi connectivity index (χ0v) is 23.0. The Morgan fingerprint density at radius 2 is 0.829 bits per heavy atom. The van der Waals surface area contributed by atoms with E-state index in [9.17, 15) is 19.5 Å². The largest absolute Gasteiger partial charge is 0.481 e. The summed E-state index contributed by atoms with van der Waals surface area (Å²) in [6.45, 7) is 5.30. The molecule has 0 amide bonds. The SMILES string of the molecule is CCCCCCCCCCCC(=O)OCC(C)(COC(=O)CCCCCCCCCCC)C(=O)O. The Bertz CT molecular complexity index is 507. The quantitative estimate of drug-likeness (QED) is 0.101. The Labute approximate surface area is 214 Å². The van der Waals surface area contributed by atoms with E-state index < -0.39 is 11.4 Å². The van der Waals surface area contributed by atoms with Gasteiger partial charge >= 0.3 is 17.9 Å². The van der Waals surface area contributed by atoms with E-state index in [0.717, 1.165) is 38.5 Å². The number of rotatable bonds is 25. The van der Waals surface area contributed by atoms with Crippen LogP contribution in [0.1, 0.15) is 149 Å². The summed E-state index contributed by atoms with van der Waals surface area (Å²) >= 11 is 0. The van der Waals surface area contributed by atoms with E-state index >= 15 is 0 Å². The van der Waals surface area contributed by atoms with Gasteiger partial charge in [0.25, 0.3) is 0 Å². The third kappa shape index (κ3) is 20.3. The Morgan fingerprint density at radius 1 is 0.543 bits per heavy atom. The average Bonchev–Trinajstić information content (AvgIpc) is 2.84. The lowest BCUT2D eigenvalue weighted by Crippen LogP contribution is -2.39. The third-order valence-electron chi connectivity index (χ3n) is 6.59. The summed E-state index contributed by atoms with van der Waals surface area (Å²) < 4.78 is 10.4. The molecule has 35 heavy (non-hydrogen) atoms. The van der Waals surface area contributed by atoms with E-state index in [4.69, 9.17) is 9.47 Å². The maximum atomic E-state index is 12.0. The average molecular weight is 499 g/mol. The standard InChI is InChI=1S/C29H54O6/c1-4-6-8-10-12-14-16-18-20-22-26(30)34-24-29(3,28(32)33)25-35-27(31)23-21-19-17-15-13-11-9-7-5-2/h4-25H2,1-3H3,(H,32,33). The molecule has 0 spiro atoms. The topological polar surface area (TPSA) is 89.9 Å². The zero-order valence-electron chi connectivity index (χ0n) is 23.0. The van der Waals surface area contributed by atoms with E-state index in [1.54, 1.807) is 0 Å². The molecular weight excluding hydrogens is 444 g/mol. The van der Waals surface area contributed by atoms with Crippen LogP contribution in [0.25, 0.3) is 0 Å². The second kappa shape index (κ2) is 22.8. The van der Waals surface area contributed by atoms with Gasteiger partial charge in [0.05, 0.1) is 0 Å². The van der Waals surface area contributed by atoms with Crippen molar-refractivity contribution in [3.63, 3.8) is 0 Å². The van der Waals surface area contributed by atoms with Crippen LogP contribution >= 0.6 is 0 Å². The fraction of sp³-hybridized carbons (Fsp3) is 0.897. The van der Waals surface area contributed by atoms with E-state index in [2.05, 4.69) is 13.8 Å². The van der Waals surface area contributed by atoms with Gasteiger partial charge < -0.3 is 14.6 Å². The summed E-state index contributed by atoms with van der Waals surface area (Å²) in [6, 6.07) is 0. The van der Waals surface area contributed by atoms with Crippen molar-refractivity contribution in [2.75, 3.05) is 13.2 Å². The monoisotopic (exact) mass is 498 g/mol. The van der Waals surface area contributed by atoms with Gasteiger partial charge in [-0.15, -0.1) is 0 Å². The number of aliphatic carboxylic acids is 1. The first kappa shape index (κ1) is 33.4. The van der Waals surface area contributed by atoms with Crippen molar-refractivity contribution >= 4 is 17.9 Å². The number of carboxylic acids is 1. The van der Waals surface area contributed by atoms with Gasteiger partial charge in [-0.1, -0.05) is 117 Å². The van der Waals surface area contributed by atoms with Crippen molar-refractivity contribution in [1.29, 1.82) is 0 Å². The molecule has 0 unspecified atom stereocenters. The minimum Gasteiger partial charge on any atom is -0.481 e. The molecule has 0 rings (SSSR count). The van der Waals surface area contributed by atoms with Gasteiger partial charge in [-0.25, -0.2) is 0 Å². The van der Waals surface area contributed by atoms with Crippen LogP contribution in [-0.4, -0.2) is 36.2 Å². The molecular formula is C29H54O6. The Kier molecular flexibility index (Phi) is 21.8. The summed E-state index contributed by atoms with van der Waals surface area (Å²) in [5.74, 6) is -1.91. The minimum absolute atomic E-state index is 0.288. The van der Waals surface area contributed by atoms with Crippen molar-refractivity contribution in [3.8, 4) is 0 Å². The summed E-state index contributed by atoms with van der Waals surface area (Å²) in [5.41, 5.74) is -1.43. The van der Waals surface area contributed by atoms with Gasteiger partial charge in [-0.05, 0) is 19.8 Å². The predicted molar refractivity (Wildman–Crippen MR) is 141 cm³/mol. The van der Waals surface area contributed by atoms with E-state index in [0.29, 0.717) is 12.8 Å². The first-order chi connectivity index (χ1) is 16.9. The van der Waals surface area contributed by atoms with Crippen LogP contribution in [0.15, 0.2) is 0 Å². The van der Waals surface area contributed by atoms with Gasteiger partial charge in [0.15, 0.2) is 0 Å². The molecule has 0 saturated carbocycles. The lowest BCUT2D eigenvalue weighted by atomic mass is 9.93. The molecule has 0 aliphatic rings. The van der Waals surface area contributed by atoms with Crippen LogP contribution in [0.5, 0.6) is 0 Å². The van der Waals surface area contributed by atoms with Crippen molar-refractivity contribution < 1.29 is 29.0 Å². The first-order valence-corrected chi connectivity index (χ1v) is 14.4. The Morgan fingerprint density at radius 3 is 1.11 bits per heavy atom. The lowest BCUT2D eigenvalue weighted by Gasteiger charge is -2.24. The van der Waals surface area contributed by atoms with Crippen LogP contribution < -0.4 is 0 Å². The van der Waals surface area contributed by atoms with Crippen LogP contribution in [-0.2, 0) is 23.9 Å². The van der Waals surface area contributed by atoms with Gasteiger partial charge in [-0.3, -0.25) is 14.4 Å². The lowest BCUT2D eigenvalue weighted by molar-refractivity contribution is -0.165. The number of unbranched alkanes of at least 4 members (excludes halogenated alkanes) is 16. The molecule has 0 saturated heterocycles. The molecule has 0 fully saturated rings. The highest BCUT2D eigenvalue weighted by atomic mass is 16.6. The number of hydrogen-bond donors (Lipinski definition) is 1. The molecule has 0 aromatic carbocycles. The first-order valence-electron chi connectivity index (χ1n) is 14.4.